The first-order chi connectivity index (χ1) is 9.66. The van der Waals surface area contributed by atoms with Crippen LogP contribution in [0.25, 0.3) is 11.4 Å². The number of nitrogens with two attached hydrogens (primary N) is 1. The largest absolute Gasteiger partial charge is 0.496 e. The lowest BCUT2D eigenvalue weighted by Crippen LogP contribution is -2.29. The number of methoxy groups -OCH3 is 1. The van der Waals surface area contributed by atoms with Gasteiger partial charge >= 0.3 is 0 Å². The third-order valence-corrected chi connectivity index (χ3v) is 3.68. The van der Waals surface area contributed by atoms with Gasteiger partial charge in [-0.2, -0.15) is 0 Å². The van der Waals surface area contributed by atoms with Crippen molar-refractivity contribution in [2.45, 2.75) is 31.5 Å². The first kappa shape index (κ1) is 15.5. The third-order valence-electron chi connectivity index (χ3n) is 2.91. The molecular weight excluding hydrogens is 292 g/mol. The average molecular weight is 310 g/mol. The number of hydrogen-bond donors (Lipinski definition) is 1. The van der Waals surface area contributed by atoms with E-state index in [0.29, 0.717) is 17.1 Å². The molecular formula is C13H18N4O3S. The van der Waals surface area contributed by atoms with Gasteiger partial charge in [0.25, 0.3) is 15.2 Å². The van der Waals surface area contributed by atoms with E-state index in [1.807, 2.05) is 32.9 Å². The molecule has 1 aromatic carbocycles. The molecule has 0 saturated carbocycles. The maximum atomic E-state index is 11.7. The second-order valence-electron chi connectivity index (χ2n) is 5.56. The Morgan fingerprint density at radius 1 is 1.19 bits per heavy atom. The number of sulfonamides is 1. The van der Waals surface area contributed by atoms with Crippen LogP contribution in [0.3, 0.4) is 0 Å². The fourth-order valence-electron chi connectivity index (χ4n) is 2.06. The Bertz CT molecular complexity index is 760. The average Bonchev–Trinajstić information content (AvgIpc) is 2.83. The van der Waals surface area contributed by atoms with Crippen molar-refractivity contribution in [1.82, 2.24) is 14.8 Å². The molecule has 0 aliphatic carbocycles. The van der Waals surface area contributed by atoms with E-state index in [9.17, 15) is 8.42 Å². The summed E-state index contributed by atoms with van der Waals surface area (Å²) >= 11 is 0. The molecule has 2 rings (SSSR count). The van der Waals surface area contributed by atoms with Crippen LogP contribution in [0.4, 0.5) is 0 Å². The van der Waals surface area contributed by atoms with Gasteiger partial charge in [0.15, 0.2) is 5.82 Å². The number of rotatable bonds is 3. The van der Waals surface area contributed by atoms with Crippen molar-refractivity contribution in [2.24, 2.45) is 5.14 Å². The number of nitrogens with zero attached hydrogens (tertiary/aromatic N) is 3. The molecule has 0 fully saturated rings. The molecule has 7 nitrogen and oxygen atoms in total. The Morgan fingerprint density at radius 3 is 2.33 bits per heavy atom. The Morgan fingerprint density at radius 2 is 1.81 bits per heavy atom. The molecule has 0 aliphatic heterocycles. The molecule has 1 aromatic heterocycles. The summed E-state index contributed by atoms with van der Waals surface area (Å²) in [4.78, 5) is 0. The van der Waals surface area contributed by atoms with Crippen LogP contribution in [0, 0.1) is 0 Å². The van der Waals surface area contributed by atoms with Gasteiger partial charge in [-0.05, 0) is 32.9 Å². The zero-order chi connectivity index (χ0) is 15.8. The summed E-state index contributed by atoms with van der Waals surface area (Å²) in [7, 11) is -2.44. The van der Waals surface area contributed by atoms with Crippen molar-refractivity contribution in [1.29, 1.82) is 0 Å². The molecule has 0 unspecified atom stereocenters. The van der Waals surface area contributed by atoms with Crippen molar-refractivity contribution in [3.63, 3.8) is 0 Å². The van der Waals surface area contributed by atoms with E-state index in [-0.39, 0.29) is 5.16 Å². The molecule has 1 heterocycles. The summed E-state index contributed by atoms with van der Waals surface area (Å²) in [5, 5.41) is 12.7. The van der Waals surface area contributed by atoms with Crippen LogP contribution < -0.4 is 9.88 Å². The van der Waals surface area contributed by atoms with Crippen molar-refractivity contribution in [3.05, 3.63) is 24.3 Å². The van der Waals surface area contributed by atoms with Gasteiger partial charge in [-0.1, -0.05) is 12.1 Å². The number of aromatic nitrogens is 3. The molecule has 21 heavy (non-hydrogen) atoms. The normalized spacial score (nSPS) is 12.4. The highest BCUT2D eigenvalue weighted by Crippen LogP contribution is 2.32. The molecule has 114 valence electrons. The van der Waals surface area contributed by atoms with Crippen LogP contribution in [-0.4, -0.2) is 30.3 Å². The minimum atomic E-state index is -3.97. The maximum absolute atomic E-state index is 11.7. The lowest BCUT2D eigenvalue weighted by molar-refractivity contribution is 0.364. The van der Waals surface area contributed by atoms with Crippen LogP contribution in [0.1, 0.15) is 20.8 Å². The summed E-state index contributed by atoms with van der Waals surface area (Å²) in [5.74, 6) is 0.973. The monoisotopic (exact) mass is 310 g/mol. The number of primary sulfonamides is 1. The lowest BCUT2D eigenvalue weighted by atomic mass is 10.1. The van der Waals surface area contributed by atoms with Crippen LogP contribution >= 0.6 is 0 Å². The van der Waals surface area contributed by atoms with Crippen LogP contribution in [0.15, 0.2) is 29.4 Å². The van der Waals surface area contributed by atoms with Gasteiger partial charge < -0.3 is 4.74 Å². The Hall–Kier alpha value is -1.93. The Labute approximate surface area is 123 Å². The van der Waals surface area contributed by atoms with E-state index in [4.69, 9.17) is 9.88 Å². The van der Waals surface area contributed by atoms with Gasteiger partial charge in [0.2, 0.25) is 0 Å². The van der Waals surface area contributed by atoms with E-state index in [1.54, 1.807) is 12.1 Å². The fourth-order valence-corrected chi connectivity index (χ4v) is 2.83. The summed E-state index contributed by atoms with van der Waals surface area (Å²) in [6.07, 6.45) is 0. The third kappa shape index (κ3) is 2.91. The molecule has 0 bridgehead atoms. The molecule has 0 aliphatic rings. The number of para-hydroxylation sites is 1. The first-order valence-corrected chi connectivity index (χ1v) is 7.83. The molecule has 8 heteroatoms. The fraction of sp³-hybridized carbons (Fsp3) is 0.385. The molecule has 0 atom stereocenters. The molecule has 2 aromatic rings. The molecule has 0 radical (unpaired) electrons. The molecule has 2 N–H and O–H groups in total. The van der Waals surface area contributed by atoms with Gasteiger partial charge in [0.1, 0.15) is 5.75 Å². The second-order valence-corrected chi connectivity index (χ2v) is 7.01. The second kappa shape index (κ2) is 5.12. The highest BCUT2D eigenvalue weighted by atomic mass is 32.2. The zero-order valence-corrected chi connectivity index (χ0v) is 13.2. The summed E-state index contributed by atoms with van der Waals surface area (Å²) in [5.41, 5.74) is 0.0823. The number of benzene rings is 1. The Kier molecular flexibility index (Phi) is 3.77. The van der Waals surface area contributed by atoms with Gasteiger partial charge in [-0.3, -0.25) is 4.57 Å². The molecule has 0 saturated heterocycles. The smallest absolute Gasteiger partial charge is 0.273 e. The van der Waals surface area contributed by atoms with Crippen molar-refractivity contribution < 1.29 is 13.2 Å². The van der Waals surface area contributed by atoms with Gasteiger partial charge in [0.05, 0.1) is 12.7 Å². The lowest BCUT2D eigenvalue weighted by Gasteiger charge is -2.24. The van der Waals surface area contributed by atoms with E-state index >= 15 is 0 Å². The quantitative estimate of drug-likeness (QED) is 0.922. The summed E-state index contributed by atoms with van der Waals surface area (Å²) in [6, 6.07) is 7.20. The maximum Gasteiger partial charge on any atom is 0.273 e. The van der Waals surface area contributed by atoms with E-state index in [0.717, 1.165) is 0 Å². The number of hydrogen-bond acceptors (Lipinski definition) is 5. The predicted molar refractivity (Wildman–Crippen MR) is 78.4 cm³/mol. The van der Waals surface area contributed by atoms with Gasteiger partial charge in [-0.25, -0.2) is 13.6 Å². The topological polar surface area (TPSA) is 100 Å². The zero-order valence-electron chi connectivity index (χ0n) is 12.4. The highest BCUT2D eigenvalue weighted by molar-refractivity contribution is 7.89. The minimum Gasteiger partial charge on any atom is -0.496 e. The summed E-state index contributed by atoms with van der Waals surface area (Å²) < 4.78 is 30.2. The minimum absolute atomic E-state index is 0.268. The molecule has 0 amide bonds. The SMILES string of the molecule is COc1ccccc1-c1nnc(S(N)(=O)=O)n1C(C)(C)C. The van der Waals surface area contributed by atoms with E-state index in [1.165, 1.54) is 11.7 Å². The number of ether oxygens (including phenoxy) is 1. The van der Waals surface area contributed by atoms with Crippen molar-refractivity contribution in [3.8, 4) is 17.1 Å². The first-order valence-electron chi connectivity index (χ1n) is 6.28. The van der Waals surface area contributed by atoms with Crippen molar-refractivity contribution in [2.75, 3.05) is 7.11 Å². The van der Waals surface area contributed by atoms with E-state index < -0.39 is 15.6 Å². The van der Waals surface area contributed by atoms with Gasteiger partial charge in [-0.15, -0.1) is 10.2 Å². The van der Waals surface area contributed by atoms with Crippen LogP contribution in [0.2, 0.25) is 0 Å². The van der Waals surface area contributed by atoms with Crippen molar-refractivity contribution >= 4 is 10.0 Å². The molecule has 0 spiro atoms. The van der Waals surface area contributed by atoms with Crippen LogP contribution in [0.5, 0.6) is 5.75 Å². The van der Waals surface area contributed by atoms with Gasteiger partial charge in [0, 0.05) is 5.54 Å². The van der Waals surface area contributed by atoms with E-state index in [2.05, 4.69) is 10.2 Å². The highest BCUT2D eigenvalue weighted by Gasteiger charge is 2.30. The standard InChI is InChI=1S/C13H18N4O3S/c1-13(2,3)17-11(15-16-12(17)21(14,18)19)9-7-5-6-8-10(9)20-4/h5-8H,1-4H3,(H2,14,18,19). The summed E-state index contributed by atoms with van der Waals surface area (Å²) in [6.45, 7) is 5.55. The van der Waals surface area contributed by atoms with Crippen LogP contribution in [-0.2, 0) is 15.6 Å². The Balaban J connectivity index is 2.80. The predicted octanol–water partition coefficient (Wildman–Crippen LogP) is 1.36.